The lowest BCUT2D eigenvalue weighted by atomic mass is 10.6. The quantitative estimate of drug-likeness (QED) is 0.452. The van der Waals surface area contributed by atoms with E-state index in [1.165, 1.54) is 15.9 Å². The van der Waals surface area contributed by atoms with Crippen LogP contribution >= 0.6 is 0 Å². The van der Waals surface area contributed by atoms with Gasteiger partial charge in [0.25, 0.3) is 0 Å². The van der Waals surface area contributed by atoms with Crippen molar-refractivity contribution in [1.29, 1.82) is 0 Å². The van der Waals surface area contributed by atoms with Gasteiger partial charge in [-0.25, -0.2) is 9.59 Å². The molecule has 0 aromatic carbocycles. The maximum absolute atomic E-state index is 11.2. The van der Waals surface area contributed by atoms with E-state index in [9.17, 15) is 9.59 Å². The molecule has 0 spiro atoms. The molecular weight excluding hydrogens is 158 g/mol. The second kappa shape index (κ2) is 5.32. The standard InChI is InChI=1S/C7H13N3O2/c1-4-9(2)7(12)10(3)5-8-6-11/h4-5H2,1-3H3. The van der Waals surface area contributed by atoms with Crippen LogP contribution < -0.4 is 0 Å². The van der Waals surface area contributed by atoms with E-state index in [0.29, 0.717) is 6.54 Å². The van der Waals surface area contributed by atoms with Crippen LogP contribution in [0.3, 0.4) is 0 Å². The molecule has 0 N–H and O–H groups in total. The van der Waals surface area contributed by atoms with E-state index in [4.69, 9.17) is 0 Å². The molecule has 68 valence electrons. The topological polar surface area (TPSA) is 53.0 Å². The molecule has 2 amide bonds. The lowest BCUT2D eigenvalue weighted by molar-refractivity contribution is 0.177. The van der Waals surface area contributed by atoms with E-state index < -0.39 is 0 Å². The number of urea groups is 1. The highest BCUT2D eigenvalue weighted by molar-refractivity contribution is 5.73. The van der Waals surface area contributed by atoms with Crippen molar-refractivity contribution in [3.63, 3.8) is 0 Å². The molecule has 0 aliphatic rings. The molecule has 0 rings (SSSR count). The first-order valence-electron chi connectivity index (χ1n) is 3.63. The fraction of sp³-hybridized carbons (Fsp3) is 0.714. The summed E-state index contributed by atoms with van der Waals surface area (Å²) in [7, 11) is 3.26. The maximum Gasteiger partial charge on any atom is 0.320 e. The van der Waals surface area contributed by atoms with Crippen molar-refractivity contribution >= 4 is 12.1 Å². The van der Waals surface area contributed by atoms with Crippen molar-refractivity contribution in [2.45, 2.75) is 6.92 Å². The van der Waals surface area contributed by atoms with Crippen LogP contribution in [0.1, 0.15) is 6.92 Å². The van der Waals surface area contributed by atoms with Gasteiger partial charge in [-0.2, -0.15) is 4.99 Å². The molecule has 0 aromatic heterocycles. The Kier molecular flexibility index (Phi) is 4.72. The van der Waals surface area contributed by atoms with Crippen LogP contribution in [-0.2, 0) is 4.79 Å². The molecule has 0 aliphatic heterocycles. The second-order valence-electron chi connectivity index (χ2n) is 2.39. The first-order chi connectivity index (χ1) is 5.63. The number of aliphatic imine (C=N–C) groups is 1. The zero-order valence-electron chi connectivity index (χ0n) is 7.57. The van der Waals surface area contributed by atoms with Gasteiger partial charge >= 0.3 is 6.03 Å². The number of carbonyl (C=O) groups excluding carboxylic acids is 2. The fourth-order valence-corrected chi connectivity index (χ4v) is 0.622. The number of rotatable bonds is 3. The fourth-order valence-electron chi connectivity index (χ4n) is 0.622. The van der Waals surface area contributed by atoms with Crippen LogP contribution in [0.25, 0.3) is 0 Å². The molecule has 5 heteroatoms. The van der Waals surface area contributed by atoms with Crippen molar-refractivity contribution in [2.75, 3.05) is 27.3 Å². The van der Waals surface area contributed by atoms with Crippen LogP contribution in [0, 0.1) is 0 Å². The molecule has 0 saturated heterocycles. The zero-order chi connectivity index (χ0) is 9.56. The molecule has 12 heavy (non-hydrogen) atoms. The van der Waals surface area contributed by atoms with Gasteiger partial charge in [-0.05, 0) is 6.92 Å². The van der Waals surface area contributed by atoms with E-state index in [2.05, 4.69) is 4.99 Å². The number of carbonyl (C=O) groups is 1. The summed E-state index contributed by atoms with van der Waals surface area (Å²) in [5, 5.41) is 0. The predicted octanol–water partition coefficient (Wildman–Crippen LogP) is 0.283. The first-order valence-corrected chi connectivity index (χ1v) is 3.63. The highest BCUT2D eigenvalue weighted by Gasteiger charge is 2.10. The Morgan fingerprint density at radius 3 is 2.42 bits per heavy atom. The third kappa shape index (κ3) is 3.16. The number of hydrogen-bond acceptors (Lipinski definition) is 3. The molecule has 0 unspecified atom stereocenters. The summed E-state index contributed by atoms with van der Waals surface area (Å²) >= 11 is 0. The summed E-state index contributed by atoms with van der Waals surface area (Å²) in [5.74, 6) is 0. The summed E-state index contributed by atoms with van der Waals surface area (Å²) in [6.45, 7) is 2.56. The van der Waals surface area contributed by atoms with Crippen LogP contribution in [0.2, 0.25) is 0 Å². The molecule has 0 atom stereocenters. The first kappa shape index (κ1) is 10.7. The molecule has 5 nitrogen and oxygen atoms in total. The normalized spacial score (nSPS) is 8.58. The van der Waals surface area contributed by atoms with Crippen molar-refractivity contribution in [2.24, 2.45) is 4.99 Å². The molecule has 0 saturated carbocycles. The average molecular weight is 171 g/mol. The van der Waals surface area contributed by atoms with E-state index in [-0.39, 0.29) is 12.7 Å². The summed E-state index contributed by atoms with van der Waals surface area (Å²) in [6, 6.07) is -0.156. The van der Waals surface area contributed by atoms with Crippen molar-refractivity contribution in [3.8, 4) is 0 Å². The molecule has 0 bridgehead atoms. The minimum absolute atomic E-state index is 0.0622. The van der Waals surface area contributed by atoms with Crippen LogP contribution in [0.15, 0.2) is 4.99 Å². The lowest BCUT2D eigenvalue weighted by Gasteiger charge is -2.21. The van der Waals surface area contributed by atoms with Gasteiger partial charge in [0.05, 0.1) is 0 Å². The van der Waals surface area contributed by atoms with Crippen molar-refractivity contribution in [3.05, 3.63) is 0 Å². The highest BCUT2D eigenvalue weighted by atomic mass is 16.2. The largest absolute Gasteiger partial charge is 0.328 e. The summed E-state index contributed by atoms with van der Waals surface area (Å²) in [6.07, 6.45) is 1.37. The van der Waals surface area contributed by atoms with Crippen LogP contribution in [0.5, 0.6) is 0 Å². The highest BCUT2D eigenvalue weighted by Crippen LogP contribution is 1.92. The predicted molar refractivity (Wildman–Crippen MR) is 44.5 cm³/mol. The summed E-state index contributed by atoms with van der Waals surface area (Å²) in [5.41, 5.74) is 0. The number of isocyanates is 1. The minimum atomic E-state index is -0.156. The van der Waals surface area contributed by atoms with Gasteiger partial charge in [0.2, 0.25) is 6.08 Å². The minimum Gasteiger partial charge on any atom is -0.328 e. The zero-order valence-corrected chi connectivity index (χ0v) is 7.57. The number of nitrogens with zero attached hydrogens (tertiary/aromatic N) is 3. The van der Waals surface area contributed by atoms with Gasteiger partial charge in [-0.1, -0.05) is 0 Å². The molecule has 0 aromatic rings. The van der Waals surface area contributed by atoms with Gasteiger partial charge in [-0.15, -0.1) is 0 Å². The molecule has 0 aliphatic carbocycles. The Balaban J connectivity index is 4.00. The van der Waals surface area contributed by atoms with E-state index in [1.807, 2.05) is 6.92 Å². The number of hydrogen-bond donors (Lipinski definition) is 0. The monoisotopic (exact) mass is 171 g/mol. The van der Waals surface area contributed by atoms with Gasteiger partial charge in [0, 0.05) is 20.6 Å². The Bertz CT molecular complexity index is 199. The Hall–Kier alpha value is -1.35. The van der Waals surface area contributed by atoms with E-state index in [1.54, 1.807) is 14.1 Å². The smallest absolute Gasteiger partial charge is 0.320 e. The van der Waals surface area contributed by atoms with E-state index in [0.717, 1.165) is 0 Å². The van der Waals surface area contributed by atoms with Crippen LogP contribution in [-0.4, -0.2) is 49.2 Å². The molecule has 0 radical (unpaired) electrons. The van der Waals surface area contributed by atoms with Gasteiger partial charge in [0.15, 0.2) is 0 Å². The molecule has 0 fully saturated rings. The Morgan fingerprint density at radius 2 is 2.00 bits per heavy atom. The van der Waals surface area contributed by atoms with Gasteiger partial charge in [0.1, 0.15) is 6.67 Å². The summed E-state index contributed by atoms with van der Waals surface area (Å²) < 4.78 is 0. The van der Waals surface area contributed by atoms with Crippen molar-refractivity contribution < 1.29 is 9.59 Å². The van der Waals surface area contributed by atoms with Crippen molar-refractivity contribution in [1.82, 2.24) is 9.80 Å². The maximum atomic E-state index is 11.2. The number of amides is 2. The average Bonchev–Trinajstić information content (AvgIpc) is 2.11. The Morgan fingerprint density at radius 1 is 1.42 bits per heavy atom. The van der Waals surface area contributed by atoms with E-state index >= 15 is 0 Å². The summed E-state index contributed by atoms with van der Waals surface area (Å²) in [4.78, 5) is 27.1. The van der Waals surface area contributed by atoms with Gasteiger partial charge in [-0.3, -0.25) is 0 Å². The Labute approximate surface area is 71.7 Å². The lowest BCUT2D eigenvalue weighted by Crippen LogP contribution is -2.38. The second-order valence-corrected chi connectivity index (χ2v) is 2.39. The molecular formula is C7H13N3O2. The molecule has 0 heterocycles. The third-order valence-corrected chi connectivity index (χ3v) is 1.47. The van der Waals surface area contributed by atoms with Crippen LogP contribution in [0.4, 0.5) is 4.79 Å². The SMILES string of the molecule is CCN(C)C(=O)N(C)CN=C=O. The third-order valence-electron chi connectivity index (χ3n) is 1.47. The van der Waals surface area contributed by atoms with Gasteiger partial charge < -0.3 is 9.80 Å².